The Kier molecular flexibility index (Phi) is 5.07. The second-order valence-corrected chi connectivity index (χ2v) is 6.23. The van der Waals surface area contributed by atoms with Gasteiger partial charge in [-0.1, -0.05) is 6.07 Å². The van der Waals surface area contributed by atoms with Gasteiger partial charge >= 0.3 is 0 Å². The summed E-state index contributed by atoms with van der Waals surface area (Å²) in [6.07, 6.45) is 1.70. The van der Waals surface area contributed by atoms with E-state index in [1.54, 1.807) is 52.9 Å². The van der Waals surface area contributed by atoms with Gasteiger partial charge in [0.25, 0.3) is 11.8 Å². The van der Waals surface area contributed by atoms with Crippen LogP contribution in [0.5, 0.6) is 0 Å². The molecule has 8 nitrogen and oxygen atoms in total. The molecule has 140 valence electrons. The maximum absolute atomic E-state index is 12.7. The van der Waals surface area contributed by atoms with Crippen molar-refractivity contribution in [1.29, 1.82) is 0 Å². The maximum Gasteiger partial charge on any atom is 0.276 e. The molecule has 0 bridgehead atoms. The summed E-state index contributed by atoms with van der Waals surface area (Å²) >= 11 is 0. The molecule has 0 unspecified atom stereocenters. The SMILES string of the molecule is CCn1nc(C)c(C(=O)Nc2cccc(NC(=O)c3ccn(C)n3)c2)c1C. The van der Waals surface area contributed by atoms with Crippen molar-refractivity contribution in [3.05, 3.63) is 59.2 Å². The summed E-state index contributed by atoms with van der Waals surface area (Å²) in [4.78, 5) is 24.9. The number of benzene rings is 1. The van der Waals surface area contributed by atoms with Crippen LogP contribution in [0, 0.1) is 13.8 Å². The lowest BCUT2D eigenvalue weighted by atomic mass is 10.1. The number of amides is 2. The molecule has 0 saturated carbocycles. The summed E-state index contributed by atoms with van der Waals surface area (Å²) < 4.78 is 3.36. The summed E-state index contributed by atoms with van der Waals surface area (Å²) in [7, 11) is 1.75. The summed E-state index contributed by atoms with van der Waals surface area (Å²) in [6.45, 7) is 6.38. The van der Waals surface area contributed by atoms with Gasteiger partial charge in [0.2, 0.25) is 0 Å². The molecule has 3 aromatic rings. The predicted octanol–water partition coefficient (Wildman–Crippen LogP) is 2.76. The number of nitrogens with zero attached hydrogens (tertiary/aromatic N) is 4. The van der Waals surface area contributed by atoms with Gasteiger partial charge in [0.15, 0.2) is 5.69 Å². The smallest absolute Gasteiger partial charge is 0.276 e. The topological polar surface area (TPSA) is 93.8 Å². The fourth-order valence-corrected chi connectivity index (χ4v) is 2.93. The summed E-state index contributed by atoms with van der Waals surface area (Å²) in [5.41, 5.74) is 3.56. The first-order chi connectivity index (χ1) is 12.9. The Morgan fingerprint density at radius 2 is 1.70 bits per heavy atom. The Morgan fingerprint density at radius 3 is 2.26 bits per heavy atom. The standard InChI is InChI=1S/C19H22N6O2/c1-5-25-13(3)17(12(2)22-25)19(27)21-15-8-6-7-14(11-15)20-18(26)16-9-10-24(4)23-16/h6-11H,5H2,1-4H3,(H,20,26)(H,21,27). The fourth-order valence-electron chi connectivity index (χ4n) is 2.93. The number of rotatable bonds is 5. The molecule has 0 atom stereocenters. The second-order valence-electron chi connectivity index (χ2n) is 6.23. The van der Waals surface area contributed by atoms with Gasteiger partial charge in [0, 0.05) is 36.9 Å². The van der Waals surface area contributed by atoms with Gasteiger partial charge < -0.3 is 10.6 Å². The van der Waals surface area contributed by atoms with Crippen LogP contribution in [-0.4, -0.2) is 31.4 Å². The summed E-state index contributed by atoms with van der Waals surface area (Å²) in [5.74, 6) is -0.534. The van der Waals surface area contributed by atoms with Crippen molar-refractivity contribution in [3.8, 4) is 0 Å². The zero-order valence-electron chi connectivity index (χ0n) is 15.8. The molecule has 27 heavy (non-hydrogen) atoms. The first-order valence-corrected chi connectivity index (χ1v) is 8.65. The van der Waals surface area contributed by atoms with Crippen molar-refractivity contribution >= 4 is 23.2 Å². The van der Waals surface area contributed by atoms with Crippen molar-refractivity contribution in [2.45, 2.75) is 27.3 Å². The van der Waals surface area contributed by atoms with Gasteiger partial charge in [-0.25, -0.2) is 0 Å². The lowest BCUT2D eigenvalue weighted by molar-refractivity contribution is 0.101. The minimum absolute atomic E-state index is 0.224. The van der Waals surface area contributed by atoms with E-state index in [2.05, 4.69) is 20.8 Å². The number of carbonyl (C=O) groups is 2. The zero-order valence-corrected chi connectivity index (χ0v) is 15.8. The highest BCUT2D eigenvalue weighted by atomic mass is 16.2. The van der Waals surface area contributed by atoms with Crippen LogP contribution in [-0.2, 0) is 13.6 Å². The maximum atomic E-state index is 12.7. The lowest BCUT2D eigenvalue weighted by Crippen LogP contribution is -2.15. The Morgan fingerprint density at radius 1 is 1.04 bits per heavy atom. The third kappa shape index (κ3) is 3.89. The molecule has 1 aromatic carbocycles. The van der Waals surface area contributed by atoms with Crippen LogP contribution >= 0.6 is 0 Å². The molecule has 3 rings (SSSR count). The third-order valence-electron chi connectivity index (χ3n) is 4.23. The molecule has 2 amide bonds. The van der Waals surface area contributed by atoms with Crippen LogP contribution in [0.2, 0.25) is 0 Å². The molecule has 0 fully saturated rings. The summed E-state index contributed by atoms with van der Waals surface area (Å²) in [5, 5.41) is 14.1. The number of anilines is 2. The van der Waals surface area contributed by atoms with Crippen molar-refractivity contribution in [2.75, 3.05) is 10.6 Å². The highest BCUT2D eigenvalue weighted by Gasteiger charge is 2.18. The largest absolute Gasteiger partial charge is 0.322 e. The number of carbonyl (C=O) groups excluding carboxylic acids is 2. The molecule has 2 aromatic heterocycles. The fraction of sp³-hybridized carbons (Fsp3) is 0.263. The van der Waals surface area contributed by atoms with Gasteiger partial charge in [-0.2, -0.15) is 10.2 Å². The van der Waals surface area contributed by atoms with E-state index < -0.39 is 0 Å². The lowest BCUT2D eigenvalue weighted by Gasteiger charge is -2.09. The van der Waals surface area contributed by atoms with Crippen LogP contribution in [0.25, 0.3) is 0 Å². The van der Waals surface area contributed by atoms with Crippen LogP contribution < -0.4 is 10.6 Å². The van der Waals surface area contributed by atoms with Gasteiger partial charge in [0.05, 0.1) is 11.3 Å². The molecule has 0 aliphatic rings. The van der Waals surface area contributed by atoms with Gasteiger partial charge in [0.1, 0.15) is 0 Å². The van der Waals surface area contributed by atoms with E-state index in [0.717, 1.165) is 5.69 Å². The average molecular weight is 366 g/mol. The molecule has 0 spiro atoms. The average Bonchev–Trinajstić information content (AvgIpc) is 3.18. The van der Waals surface area contributed by atoms with Crippen LogP contribution in [0.4, 0.5) is 11.4 Å². The molecule has 2 N–H and O–H groups in total. The Balaban J connectivity index is 1.75. The Hall–Kier alpha value is -3.42. The van der Waals surface area contributed by atoms with E-state index in [1.165, 1.54) is 0 Å². The minimum atomic E-state index is -0.310. The number of hydrogen-bond acceptors (Lipinski definition) is 4. The third-order valence-corrected chi connectivity index (χ3v) is 4.23. The molecule has 0 aliphatic carbocycles. The quantitative estimate of drug-likeness (QED) is 0.726. The van der Waals surface area contributed by atoms with E-state index >= 15 is 0 Å². The molecule has 2 heterocycles. The highest BCUT2D eigenvalue weighted by Crippen LogP contribution is 2.19. The van der Waals surface area contributed by atoms with E-state index in [0.29, 0.717) is 34.9 Å². The van der Waals surface area contributed by atoms with Crippen LogP contribution in [0.1, 0.15) is 39.2 Å². The van der Waals surface area contributed by atoms with Crippen LogP contribution in [0.3, 0.4) is 0 Å². The Labute approximate surface area is 157 Å². The molecule has 0 radical (unpaired) electrons. The van der Waals surface area contributed by atoms with Gasteiger partial charge in [-0.05, 0) is 45.0 Å². The van der Waals surface area contributed by atoms with E-state index in [-0.39, 0.29) is 11.8 Å². The Bertz CT molecular complexity index is 1000. The molecular formula is C19H22N6O2. The highest BCUT2D eigenvalue weighted by molar-refractivity contribution is 6.07. The van der Waals surface area contributed by atoms with Crippen LogP contribution in [0.15, 0.2) is 36.5 Å². The molecular weight excluding hydrogens is 344 g/mol. The number of aryl methyl sites for hydroxylation is 3. The van der Waals surface area contributed by atoms with Crippen molar-refractivity contribution < 1.29 is 9.59 Å². The first-order valence-electron chi connectivity index (χ1n) is 8.65. The number of aromatic nitrogens is 4. The van der Waals surface area contributed by atoms with Gasteiger partial charge in [-0.15, -0.1) is 0 Å². The van der Waals surface area contributed by atoms with E-state index in [4.69, 9.17) is 0 Å². The predicted molar refractivity (Wildman–Crippen MR) is 103 cm³/mol. The second kappa shape index (κ2) is 7.45. The van der Waals surface area contributed by atoms with E-state index in [1.807, 2.05) is 20.8 Å². The molecule has 0 aliphatic heterocycles. The monoisotopic (exact) mass is 366 g/mol. The molecule has 0 saturated heterocycles. The van der Waals surface area contributed by atoms with Gasteiger partial charge in [-0.3, -0.25) is 19.0 Å². The zero-order chi connectivity index (χ0) is 19.6. The van der Waals surface area contributed by atoms with Crippen molar-refractivity contribution in [1.82, 2.24) is 19.6 Å². The van der Waals surface area contributed by atoms with E-state index in [9.17, 15) is 9.59 Å². The van der Waals surface area contributed by atoms with Crippen molar-refractivity contribution in [3.63, 3.8) is 0 Å². The normalized spacial score (nSPS) is 10.7. The number of hydrogen-bond donors (Lipinski definition) is 2. The number of nitrogens with one attached hydrogen (secondary N) is 2. The minimum Gasteiger partial charge on any atom is -0.322 e. The first kappa shape index (κ1) is 18.4. The molecule has 8 heteroatoms. The van der Waals surface area contributed by atoms with Crippen molar-refractivity contribution in [2.24, 2.45) is 7.05 Å². The summed E-state index contributed by atoms with van der Waals surface area (Å²) in [6, 6.07) is 8.62.